The Hall–Kier alpha value is -2.95. The van der Waals surface area contributed by atoms with E-state index in [1.54, 1.807) is 24.4 Å². The van der Waals surface area contributed by atoms with Crippen molar-refractivity contribution < 1.29 is 17.9 Å². The second-order valence-electron chi connectivity index (χ2n) is 7.14. The van der Waals surface area contributed by atoms with Crippen molar-refractivity contribution in [2.45, 2.75) is 4.90 Å². The largest absolute Gasteiger partial charge is 0.378 e. The fraction of sp³-hybridized carbons (Fsp3) is 0.238. The van der Waals surface area contributed by atoms with Crippen LogP contribution in [-0.4, -0.2) is 51.9 Å². The van der Waals surface area contributed by atoms with Crippen LogP contribution in [0.4, 0.5) is 16.5 Å². The number of hydrogen-bond acceptors (Lipinski definition) is 8. The van der Waals surface area contributed by atoms with E-state index < -0.39 is 15.7 Å². The second-order valence-corrected chi connectivity index (χ2v) is 10.2. The van der Waals surface area contributed by atoms with Gasteiger partial charge < -0.3 is 20.7 Å². The van der Waals surface area contributed by atoms with Gasteiger partial charge in [0.15, 0.2) is 9.84 Å². The number of hydrogen-bond donors (Lipinski definition) is 2. The minimum absolute atomic E-state index is 0.228. The molecule has 0 aliphatic carbocycles. The normalized spacial score (nSPS) is 14.4. The number of carbonyl (C=O) groups is 1. The first kappa shape index (κ1) is 21.3. The maximum atomic E-state index is 12.0. The van der Waals surface area contributed by atoms with Crippen molar-refractivity contribution in [2.75, 3.05) is 42.8 Å². The Kier molecular flexibility index (Phi) is 5.94. The van der Waals surface area contributed by atoms with E-state index in [0.29, 0.717) is 29.5 Å². The van der Waals surface area contributed by atoms with Crippen LogP contribution in [0.3, 0.4) is 0 Å². The third kappa shape index (κ3) is 4.87. The number of sulfone groups is 1. The molecule has 10 heteroatoms. The maximum Gasteiger partial charge on any atom is 0.251 e. The van der Waals surface area contributed by atoms with E-state index in [9.17, 15) is 13.2 Å². The number of benzene rings is 1. The highest BCUT2D eigenvalue weighted by Crippen LogP contribution is 2.37. The molecule has 0 saturated carbocycles. The van der Waals surface area contributed by atoms with Gasteiger partial charge in [-0.25, -0.2) is 13.4 Å². The summed E-state index contributed by atoms with van der Waals surface area (Å²) in [6.45, 7) is 3.00. The molecule has 31 heavy (non-hydrogen) atoms. The summed E-state index contributed by atoms with van der Waals surface area (Å²) in [4.78, 5) is 19.8. The third-order valence-electron chi connectivity index (χ3n) is 4.91. The summed E-state index contributed by atoms with van der Waals surface area (Å²) in [5.74, 6) is 0.346. The molecule has 162 valence electrons. The highest BCUT2D eigenvalue weighted by molar-refractivity contribution is 7.90. The van der Waals surface area contributed by atoms with Gasteiger partial charge in [0, 0.05) is 41.7 Å². The molecular weight excluding hydrogens is 436 g/mol. The Morgan fingerprint density at radius 2 is 1.87 bits per heavy atom. The van der Waals surface area contributed by atoms with Crippen molar-refractivity contribution in [3.05, 3.63) is 54.2 Å². The molecular formula is C21H22N4O4S2. The molecule has 1 saturated heterocycles. The third-order valence-corrected chi connectivity index (χ3v) is 7.13. The Bertz CT molecular complexity index is 1180. The molecule has 3 heterocycles. The van der Waals surface area contributed by atoms with Gasteiger partial charge in [-0.2, -0.15) is 0 Å². The number of primary amides is 1. The molecule has 3 N–H and O–H groups in total. The maximum absolute atomic E-state index is 12.0. The molecule has 1 aromatic carbocycles. The smallest absolute Gasteiger partial charge is 0.251 e. The van der Waals surface area contributed by atoms with Gasteiger partial charge in [-0.1, -0.05) is 0 Å². The fourth-order valence-electron chi connectivity index (χ4n) is 3.24. The topological polar surface area (TPSA) is 115 Å². The van der Waals surface area contributed by atoms with Crippen LogP contribution in [0, 0.1) is 0 Å². The lowest BCUT2D eigenvalue weighted by Crippen LogP contribution is -2.36. The lowest BCUT2D eigenvalue weighted by Gasteiger charge is -2.27. The molecule has 0 atom stereocenters. The quantitative estimate of drug-likeness (QED) is 0.584. The van der Waals surface area contributed by atoms with Crippen LogP contribution < -0.4 is 16.0 Å². The summed E-state index contributed by atoms with van der Waals surface area (Å²) in [6.07, 6.45) is 2.94. The van der Waals surface area contributed by atoms with Crippen LogP contribution >= 0.6 is 11.3 Å². The van der Waals surface area contributed by atoms with E-state index in [1.165, 1.54) is 23.5 Å². The van der Waals surface area contributed by atoms with E-state index in [0.717, 1.165) is 35.6 Å². The van der Waals surface area contributed by atoms with Crippen molar-refractivity contribution in [1.82, 2.24) is 4.98 Å². The van der Waals surface area contributed by atoms with Crippen LogP contribution in [-0.2, 0) is 14.6 Å². The first-order valence-corrected chi connectivity index (χ1v) is 12.3. The first-order chi connectivity index (χ1) is 14.8. The number of aromatic nitrogens is 1. The SMILES string of the molecule is CS(=O)(=O)c1ccc(Nc2sc(-c3ccc(N4CCOCC4)nc3)cc2C(N)=O)cc1. The summed E-state index contributed by atoms with van der Waals surface area (Å²) >= 11 is 1.38. The van der Waals surface area contributed by atoms with Crippen molar-refractivity contribution in [3.63, 3.8) is 0 Å². The lowest BCUT2D eigenvalue weighted by molar-refractivity contribution is 0.100. The average molecular weight is 459 g/mol. The first-order valence-electron chi connectivity index (χ1n) is 9.61. The predicted octanol–water partition coefficient (Wildman–Crippen LogP) is 2.89. The predicted molar refractivity (Wildman–Crippen MR) is 122 cm³/mol. The molecule has 2 aromatic heterocycles. The number of ether oxygens (including phenoxy) is 1. The summed E-state index contributed by atoms with van der Waals surface area (Å²) in [5.41, 5.74) is 7.48. The number of nitrogens with zero attached hydrogens (tertiary/aromatic N) is 2. The summed E-state index contributed by atoms with van der Waals surface area (Å²) in [7, 11) is -3.27. The van der Waals surface area contributed by atoms with Gasteiger partial charge in [-0.3, -0.25) is 4.79 Å². The molecule has 1 aliphatic rings. The number of morpholine rings is 1. The molecule has 8 nitrogen and oxygen atoms in total. The van der Waals surface area contributed by atoms with Crippen LogP contribution in [0.1, 0.15) is 10.4 Å². The Labute approximate surface area is 184 Å². The highest BCUT2D eigenvalue weighted by Gasteiger charge is 2.17. The molecule has 1 aliphatic heterocycles. The zero-order valence-corrected chi connectivity index (χ0v) is 18.5. The highest BCUT2D eigenvalue weighted by atomic mass is 32.2. The van der Waals surface area contributed by atoms with Crippen LogP contribution in [0.2, 0.25) is 0 Å². The number of nitrogens with two attached hydrogens (primary N) is 1. The minimum Gasteiger partial charge on any atom is -0.378 e. The Morgan fingerprint density at radius 3 is 2.45 bits per heavy atom. The van der Waals surface area contributed by atoms with Crippen molar-refractivity contribution in [2.24, 2.45) is 5.73 Å². The molecule has 0 spiro atoms. The number of anilines is 3. The minimum atomic E-state index is -3.27. The average Bonchev–Trinajstić information content (AvgIpc) is 3.18. The van der Waals surface area contributed by atoms with Crippen molar-refractivity contribution in [1.29, 1.82) is 0 Å². The Morgan fingerprint density at radius 1 is 1.16 bits per heavy atom. The van der Waals surface area contributed by atoms with Gasteiger partial charge in [0.05, 0.1) is 23.7 Å². The Balaban J connectivity index is 1.58. The standard InChI is InChI=1S/C21H22N4O4S2/c1-31(27,28)16-5-3-15(4-6-16)24-21-17(20(22)26)12-18(30-21)14-2-7-19(23-13-14)25-8-10-29-11-9-25/h2-7,12-13,24H,8-11H2,1H3,(H2,22,26). The molecule has 3 aromatic rings. The van der Waals surface area contributed by atoms with E-state index in [4.69, 9.17) is 10.5 Å². The van der Waals surface area contributed by atoms with Gasteiger partial charge in [0.2, 0.25) is 0 Å². The van der Waals surface area contributed by atoms with Crippen molar-refractivity contribution in [3.8, 4) is 10.4 Å². The van der Waals surface area contributed by atoms with Gasteiger partial charge in [-0.05, 0) is 42.5 Å². The molecule has 0 bridgehead atoms. The summed E-state index contributed by atoms with van der Waals surface area (Å²) in [5, 5.41) is 3.76. The zero-order valence-electron chi connectivity index (χ0n) is 16.9. The van der Waals surface area contributed by atoms with Gasteiger partial charge >= 0.3 is 0 Å². The van der Waals surface area contributed by atoms with E-state index in [1.807, 2.05) is 12.1 Å². The number of thiophene rings is 1. The zero-order chi connectivity index (χ0) is 22.0. The monoisotopic (exact) mass is 458 g/mol. The van der Waals surface area contributed by atoms with E-state index >= 15 is 0 Å². The second kappa shape index (κ2) is 8.66. The molecule has 0 unspecified atom stereocenters. The van der Waals surface area contributed by atoms with Gasteiger partial charge in [-0.15, -0.1) is 11.3 Å². The van der Waals surface area contributed by atoms with Crippen LogP contribution in [0.5, 0.6) is 0 Å². The molecule has 0 radical (unpaired) electrons. The number of rotatable bonds is 6. The molecule has 1 fully saturated rings. The lowest BCUT2D eigenvalue weighted by atomic mass is 10.2. The number of nitrogens with one attached hydrogen (secondary N) is 1. The van der Waals surface area contributed by atoms with Crippen LogP contribution in [0.25, 0.3) is 10.4 Å². The number of pyridine rings is 1. The van der Waals surface area contributed by atoms with Gasteiger partial charge in [0.25, 0.3) is 5.91 Å². The van der Waals surface area contributed by atoms with Gasteiger partial charge in [0.1, 0.15) is 10.8 Å². The van der Waals surface area contributed by atoms with E-state index in [2.05, 4.69) is 15.2 Å². The van der Waals surface area contributed by atoms with Crippen molar-refractivity contribution >= 4 is 43.6 Å². The van der Waals surface area contributed by atoms with E-state index in [-0.39, 0.29) is 4.90 Å². The summed E-state index contributed by atoms with van der Waals surface area (Å²) < 4.78 is 28.6. The molecule has 4 rings (SSSR count). The molecule has 1 amide bonds. The summed E-state index contributed by atoms with van der Waals surface area (Å²) in [6, 6.07) is 12.0. The number of amides is 1. The van der Waals surface area contributed by atoms with Crippen LogP contribution in [0.15, 0.2) is 53.6 Å². The number of carbonyl (C=O) groups excluding carboxylic acids is 1. The fourth-order valence-corrected chi connectivity index (χ4v) is 4.94.